The van der Waals surface area contributed by atoms with Gasteiger partial charge in [-0.2, -0.15) is 0 Å². The maximum atomic E-state index is 11.2. The first-order valence-electron chi connectivity index (χ1n) is 6.50. The molecule has 4 heteroatoms. The number of carbonyl (C=O) groups excluding carboxylic acids is 1. The Morgan fingerprint density at radius 3 is 2.35 bits per heavy atom. The Bertz CT molecular complexity index is 511. The molecule has 0 amide bonds. The van der Waals surface area contributed by atoms with Crippen molar-refractivity contribution in [3.05, 3.63) is 47.7 Å². The fourth-order valence-electron chi connectivity index (χ4n) is 1.55. The first kappa shape index (κ1) is 16.0. The fourth-order valence-corrected chi connectivity index (χ4v) is 1.55. The van der Waals surface area contributed by atoms with Crippen molar-refractivity contribution in [2.75, 3.05) is 7.11 Å². The largest absolute Gasteiger partial charge is 0.466 e. The van der Waals surface area contributed by atoms with E-state index in [9.17, 15) is 4.79 Å². The van der Waals surface area contributed by atoms with Crippen LogP contribution in [0.5, 0.6) is 0 Å². The van der Waals surface area contributed by atoms with Gasteiger partial charge in [-0.3, -0.25) is 4.99 Å². The summed E-state index contributed by atoms with van der Waals surface area (Å²) in [4.78, 5) is 15.9. The summed E-state index contributed by atoms with van der Waals surface area (Å²) in [5.74, 6) is 0.342. The maximum Gasteiger partial charge on any atom is 0.332 e. The number of esters is 1. The molecule has 0 aromatic heterocycles. The lowest BCUT2D eigenvalue weighted by Gasteiger charge is -2.18. The van der Waals surface area contributed by atoms with Crippen molar-refractivity contribution in [1.29, 1.82) is 0 Å². The van der Waals surface area contributed by atoms with Crippen molar-refractivity contribution < 1.29 is 9.53 Å². The molecule has 0 heterocycles. The highest BCUT2D eigenvalue weighted by Crippen LogP contribution is 2.10. The van der Waals surface area contributed by atoms with Gasteiger partial charge in [0.25, 0.3) is 0 Å². The van der Waals surface area contributed by atoms with Crippen LogP contribution in [0.15, 0.2) is 47.1 Å². The lowest BCUT2D eigenvalue weighted by atomic mass is 10.1. The van der Waals surface area contributed by atoms with Crippen LogP contribution in [-0.4, -0.2) is 24.5 Å². The van der Waals surface area contributed by atoms with Gasteiger partial charge in [-0.25, -0.2) is 4.79 Å². The minimum absolute atomic E-state index is 0.219. The molecule has 0 aliphatic heterocycles. The Labute approximate surface area is 120 Å². The van der Waals surface area contributed by atoms with Gasteiger partial charge >= 0.3 is 5.97 Å². The lowest BCUT2D eigenvalue weighted by molar-refractivity contribution is -0.134. The van der Waals surface area contributed by atoms with E-state index in [0.717, 1.165) is 11.4 Å². The average molecular weight is 274 g/mol. The van der Waals surface area contributed by atoms with Gasteiger partial charge in [0.2, 0.25) is 0 Å². The van der Waals surface area contributed by atoms with Crippen LogP contribution >= 0.6 is 0 Å². The van der Waals surface area contributed by atoms with Crippen molar-refractivity contribution in [2.45, 2.75) is 33.2 Å². The molecular formula is C16H22N2O2. The van der Waals surface area contributed by atoms with E-state index in [1.165, 1.54) is 13.2 Å². The maximum absolute atomic E-state index is 11.2. The van der Waals surface area contributed by atoms with Crippen LogP contribution in [0.4, 0.5) is 0 Å². The predicted octanol–water partition coefficient (Wildman–Crippen LogP) is 2.90. The van der Waals surface area contributed by atoms with Crippen LogP contribution in [0.2, 0.25) is 0 Å². The summed E-state index contributed by atoms with van der Waals surface area (Å²) < 4.78 is 4.61. The third kappa shape index (κ3) is 5.69. The Morgan fingerprint density at radius 1 is 1.25 bits per heavy atom. The number of allylic oxidation sites excluding steroid dienone is 1. The number of methoxy groups -OCH3 is 1. The first-order valence-corrected chi connectivity index (χ1v) is 6.50. The molecule has 0 aliphatic carbocycles. The SMILES string of the molecule is COC(=O)C=C(C)NC(=NC(C)(C)C)c1ccccc1. The molecule has 0 saturated heterocycles. The first-order chi connectivity index (χ1) is 9.31. The Hall–Kier alpha value is -2.10. The minimum atomic E-state index is -0.391. The van der Waals surface area contributed by atoms with Crippen molar-refractivity contribution in [3.63, 3.8) is 0 Å². The van der Waals surface area contributed by atoms with E-state index in [0.29, 0.717) is 5.70 Å². The van der Waals surface area contributed by atoms with Crippen LogP contribution in [0.1, 0.15) is 33.3 Å². The molecule has 0 radical (unpaired) electrons. The molecule has 1 N–H and O–H groups in total. The summed E-state index contributed by atoms with van der Waals surface area (Å²) in [5.41, 5.74) is 1.44. The summed E-state index contributed by atoms with van der Waals surface area (Å²) in [6.07, 6.45) is 1.40. The molecule has 0 bridgehead atoms. The van der Waals surface area contributed by atoms with Crippen molar-refractivity contribution >= 4 is 11.8 Å². The third-order valence-corrected chi connectivity index (χ3v) is 2.35. The number of ether oxygens (including phenoxy) is 1. The third-order valence-electron chi connectivity index (χ3n) is 2.35. The molecule has 0 spiro atoms. The Morgan fingerprint density at radius 2 is 1.85 bits per heavy atom. The van der Waals surface area contributed by atoms with Crippen molar-refractivity contribution in [1.82, 2.24) is 5.32 Å². The number of carbonyl (C=O) groups is 1. The number of hydrogen-bond acceptors (Lipinski definition) is 3. The van der Waals surface area contributed by atoms with Gasteiger partial charge in [0.05, 0.1) is 12.6 Å². The summed E-state index contributed by atoms with van der Waals surface area (Å²) >= 11 is 0. The van der Waals surface area contributed by atoms with Crippen LogP contribution in [0, 0.1) is 0 Å². The number of rotatable bonds is 3. The molecule has 20 heavy (non-hydrogen) atoms. The van der Waals surface area contributed by atoms with Crippen LogP contribution in [0.3, 0.4) is 0 Å². The van der Waals surface area contributed by atoms with E-state index in [4.69, 9.17) is 0 Å². The van der Waals surface area contributed by atoms with Gasteiger partial charge in [0.1, 0.15) is 5.84 Å². The standard InChI is InChI=1S/C16H22N2O2/c1-12(11-14(19)20-5)17-15(18-16(2,3)4)13-9-7-6-8-10-13/h6-11H,1-5H3,(H,17,18). The number of nitrogens with one attached hydrogen (secondary N) is 1. The molecule has 0 aliphatic rings. The molecule has 1 rings (SSSR count). The Balaban J connectivity index is 3.05. The predicted molar refractivity (Wildman–Crippen MR) is 81.6 cm³/mol. The fraction of sp³-hybridized carbons (Fsp3) is 0.375. The van der Waals surface area contributed by atoms with E-state index in [-0.39, 0.29) is 5.54 Å². The van der Waals surface area contributed by atoms with Crippen LogP contribution in [0.25, 0.3) is 0 Å². The summed E-state index contributed by atoms with van der Waals surface area (Å²) in [5, 5.41) is 3.17. The smallest absolute Gasteiger partial charge is 0.332 e. The second kappa shape index (κ2) is 6.89. The summed E-state index contributed by atoms with van der Waals surface area (Å²) in [7, 11) is 1.35. The zero-order valence-electron chi connectivity index (χ0n) is 12.7. The van der Waals surface area contributed by atoms with Gasteiger partial charge in [0.15, 0.2) is 0 Å². The molecule has 0 atom stereocenters. The molecule has 108 valence electrons. The van der Waals surface area contributed by atoms with Gasteiger partial charge in [-0.15, -0.1) is 0 Å². The quantitative estimate of drug-likeness (QED) is 0.399. The highest BCUT2D eigenvalue weighted by molar-refractivity contribution is 6.00. The summed E-state index contributed by atoms with van der Waals surface area (Å²) in [6.45, 7) is 7.88. The van der Waals surface area contributed by atoms with Gasteiger partial charge in [-0.1, -0.05) is 30.3 Å². The van der Waals surface area contributed by atoms with E-state index in [2.05, 4.69) is 15.0 Å². The molecule has 0 saturated carbocycles. The zero-order valence-corrected chi connectivity index (χ0v) is 12.7. The molecule has 1 aromatic carbocycles. The molecule has 0 fully saturated rings. The normalized spacial score (nSPS) is 13.1. The highest BCUT2D eigenvalue weighted by atomic mass is 16.5. The van der Waals surface area contributed by atoms with Crippen LogP contribution in [-0.2, 0) is 9.53 Å². The molecule has 0 unspecified atom stereocenters. The number of hydrogen-bond donors (Lipinski definition) is 1. The van der Waals surface area contributed by atoms with Crippen molar-refractivity contribution in [2.24, 2.45) is 4.99 Å². The minimum Gasteiger partial charge on any atom is -0.466 e. The van der Waals surface area contributed by atoms with E-state index >= 15 is 0 Å². The van der Waals surface area contributed by atoms with Crippen molar-refractivity contribution in [3.8, 4) is 0 Å². The lowest BCUT2D eigenvalue weighted by Crippen LogP contribution is -2.27. The molecule has 4 nitrogen and oxygen atoms in total. The number of benzene rings is 1. The van der Waals surface area contributed by atoms with E-state index in [1.54, 1.807) is 6.92 Å². The number of aliphatic imine (C=N–C) groups is 1. The van der Waals surface area contributed by atoms with Gasteiger partial charge < -0.3 is 10.1 Å². The van der Waals surface area contributed by atoms with E-state index < -0.39 is 5.97 Å². The second-order valence-corrected chi connectivity index (χ2v) is 5.47. The number of nitrogens with zero attached hydrogens (tertiary/aromatic N) is 1. The molecule has 1 aromatic rings. The summed E-state index contributed by atoms with van der Waals surface area (Å²) in [6, 6.07) is 9.81. The Kier molecular flexibility index (Phi) is 5.50. The van der Waals surface area contributed by atoms with Crippen LogP contribution < -0.4 is 5.32 Å². The second-order valence-electron chi connectivity index (χ2n) is 5.47. The zero-order chi connectivity index (χ0) is 15.2. The highest BCUT2D eigenvalue weighted by Gasteiger charge is 2.12. The monoisotopic (exact) mass is 274 g/mol. The van der Waals surface area contributed by atoms with E-state index in [1.807, 2.05) is 51.1 Å². The van der Waals surface area contributed by atoms with Gasteiger partial charge in [0, 0.05) is 17.3 Å². The number of amidine groups is 1. The van der Waals surface area contributed by atoms with Gasteiger partial charge in [-0.05, 0) is 27.7 Å². The molecular weight excluding hydrogens is 252 g/mol. The topological polar surface area (TPSA) is 50.7 Å². The average Bonchev–Trinajstić information content (AvgIpc) is 2.37.